The second kappa shape index (κ2) is 6.41. The Kier molecular flexibility index (Phi) is 4.83. The molecule has 1 aromatic carbocycles. The number of hydrogen-bond acceptors (Lipinski definition) is 2. The second-order valence-electron chi connectivity index (χ2n) is 5.22. The van der Waals surface area contributed by atoms with Gasteiger partial charge in [0, 0.05) is 6.54 Å². The molecule has 0 aliphatic heterocycles. The third kappa shape index (κ3) is 4.08. The lowest BCUT2D eigenvalue weighted by atomic mass is 9.85. The van der Waals surface area contributed by atoms with E-state index >= 15 is 0 Å². The van der Waals surface area contributed by atoms with E-state index in [1.807, 2.05) is 0 Å². The van der Waals surface area contributed by atoms with E-state index in [0.717, 1.165) is 25.3 Å². The smallest absolute Gasteiger partial charge is 0.319 e. The monoisotopic (exact) mass is 300 g/mol. The Morgan fingerprint density at radius 1 is 1.35 bits per heavy atom. The molecule has 0 saturated heterocycles. The summed E-state index contributed by atoms with van der Waals surface area (Å²) in [5.41, 5.74) is -0.624. The Morgan fingerprint density at radius 2 is 2.05 bits per heavy atom. The minimum Gasteiger partial charge on any atom is -0.388 e. The van der Waals surface area contributed by atoms with Gasteiger partial charge >= 0.3 is 6.03 Å². The van der Waals surface area contributed by atoms with E-state index in [9.17, 15) is 14.3 Å². The van der Waals surface area contributed by atoms with Crippen LogP contribution in [0.3, 0.4) is 0 Å². The molecular formula is C14H18ClFN2O2. The van der Waals surface area contributed by atoms with Gasteiger partial charge in [0.15, 0.2) is 0 Å². The summed E-state index contributed by atoms with van der Waals surface area (Å²) in [5, 5.41) is 15.6. The molecule has 3 N–H and O–H groups in total. The molecule has 110 valence electrons. The largest absolute Gasteiger partial charge is 0.388 e. The summed E-state index contributed by atoms with van der Waals surface area (Å²) in [6, 6.07) is 3.24. The fourth-order valence-electron chi connectivity index (χ4n) is 2.39. The Labute approximate surface area is 122 Å². The minimum atomic E-state index is -0.832. The van der Waals surface area contributed by atoms with Gasteiger partial charge in [-0.15, -0.1) is 0 Å². The van der Waals surface area contributed by atoms with Crippen molar-refractivity contribution < 1.29 is 14.3 Å². The van der Waals surface area contributed by atoms with E-state index in [2.05, 4.69) is 10.6 Å². The van der Waals surface area contributed by atoms with Crippen LogP contribution in [0.25, 0.3) is 0 Å². The third-order valence-electron chi connectivity index (χ3n) is 3.54. The standard InChI is InChI=1S/C14H18ClFN2O2/c15-11-5-4-10(16)8-12(11)18-13(19)17-9-14(20)6-2-1-3-7-14/h4-5,8,20H,1-3,6-7,9H2,(H2,17,18,19). The number of rotatable bonds is 3. The van der Waals surface area contributed by atoms with Crippen molar-refractivity contribution in [3.63, 3.8) is 0 Å². The maximum absolute atomic E-state index is 13.1. The topological polar surface area (TPSA) is 61.4 Å². The summed E-state index contributed by atoms with van der Waals surface area (Å²) in [5.74, 6) is -0.476. The predicted octanol–water partition coefficient (Wildman–Crippen LogP) is 3.30. The summed E-state index contributed by atoms with van der Waals surface area (Å²) < 4.78 is 13.1. The van der Waals surface area contributed by atoms with Crippen molar-refractivity contribution in [3.05, 3.63) is 29.0 Å². The van der Waals surface area contributed by atoms with Crippen LogP contribution >= 0.6 is 11.6 Å². The van der Waals surface area contributed by atoms with E-state index in [0.29, 0.717) is 12.8 Å². The van der Waals surface area contributed by atoms with Gasteiger partial charge in [0.05, 0.1) is 16.3 Å². The van der Waals surface area contributed by atoms with Crippen molar-refractivity contribution in [1.29, 1.82) is 0 Å². The fourth-order valence-corrected chi connectivity index (χ4v) is 2.56. The summed E-state index contributed by atoms with van der Waals surface area (Å²) in [6.45, 7) is 0.186. The van der Waals surface area contributed by atoms with E-state index in [-0.39, 0.29) is 17.3 Å². The average Bonchev–Trinajstić information content (AvgIpc) is 2.42. The number of halogens is 2. The summed E-state index contributed by atoms with van der Waals surface area (Å²) in [6.07, 6.45) is 4.43. The maximum Gasteiger partial charge on any atom is 0.319 e. The Balaban J connectivity index is 1.87. The van der Waals surface area contributed by atoms with Gasteiger partial charge in [-0.05, 0) is 31.0 Å². The lowest BCUT2D eigenvalue weighted by molar-refractivity contribution is 0.00755. The first-order valence-electron chi connectivity index (χ1n) is 6.71. The SMILES string of the molecule is O=C(NCC1(O)CCCCC1)Nc1cc(F)ccc1Cl. The van der Waals surface area contributed by atoms with Crippen LogP contribution in [0.5, 0.6) is 0 Å². The zero-order valence-corrected chi connectivity index (χ0v) is 11.8. The van der Waals surface area contributed by atoms with Gasteiger partial charge in [-0.1, -0.05) is 30.9 Å². The van der Waals surface area contributed by atoms with Gasteiger partial charge in [0.25, 0.3) is 0 Å². The molecule has 2 amide bonds. The number of benzene rings is 1. The quantitative estimate of drug-likeness (QED) is 0.802. The molecule has 0 spiro atoms. The van der Waals surface area contributed by atoms with E-state index < -0.39 is 17.4 Å². The molecule has 1 aliphatic carbocycles. The first kappa shape index (κ1) is 15.1. The van der Waals surface area contributed by atoms with Gasteiger partial charge in [0.2, 0.25) is 0 Å². The summed E-state index contributed by atoms with van der Waals surface area (Å²) in [7, 11) is 0. The number of carbonyl (C=O) groups is 1. The molecule has 0 bridgehead atoms. The molecule has 1 aromatic rings. The Morgan fingerprint density at radius 3 is 2.75 bits per heavy atom. The molecule has 0 unspecified atom stereocenters. The van der Waals surface area contributed by atoms with E-state index in [1.54, 1.807) is 0 Å². The zero-order valence-electron chi connectivity index (χ0n) is 11.1. The van der Waals surface area contributed by atoms with Crippen LogP contribution in [-0.4, -0.2) is 23.3 Å². The van der Waals surface area contributed by atoms with Crippen molar-refractivity contribution in [3.8, 4) is 0 Å². The number of carbonyl (C=O) groups excluding carboxylic acids is 1. The lowest BCUT2D eigenvalue weighted by Crippen LogP contribution is -2.45. The number of anilines is 1. The Hall–Kier alpha value is -1.33. The maximum atomic E-state index is 13.1. The number of nitrogens with one attached hydrogen (secondary N) is 2. The molecule has 0 atom stereocenters. The number of hydrogen-bond donors (Lipinski definition) is 3. The predicted molar refractivity (Wildman–Crippen MR) is 76.5 cm³/mol. The highest BCUT2D eigenvalue weighted by Crippen LogP contribution is 2.27. The van der Waals surface area contributed by atoms with Crippen molar-refractivity contribution >= 4 is 23.3 Å². The molecule has 2 rings (SSSR count). The van der Waals surface area contributed by atoms with Crippen LogP contribution < -0.4 is 10.6 Å². The summed E-state index contributed by atoms with van der Waals surface area (Å²) in [4.78, 5) is 11.7. The first-order valence-corrected chi connectivity index (χ1v) is 7.09. The molecule has 1 fully saturated rings. The van der Waals surface area contributed by atoms with Crippen molar-refractivity contribution in [2.24, 2.45) is 0 Å². The molecule has 4 nitrogen and oxygen atoms in total. The summed E-state index contributed by atoms with van der Waals surface area (Å²) >= 11 is 5.86. The highest BCUT2D eigenvalue weighted by Gasteiger charge is 2.29. The molecule has 1 saturated carbocycles. The highest BCUT2D eigenvalue weighted by molar-refractivity contribution is 6.33. The molecule has 0 heterocycles. The van der Waals surface area contributed by atoms with Crippen LogP contribution in [0.15, 0.2) is 18.2 Å². The van der Waals surface area contributed by atoms with Crippen LogP contribution in [0.4, 0.5) is 14.9 Å². The molecular weight excluding hydrogens is 283 g/mol. The average molecular weight is 301 g/mol. The van der Waals surface area contributed by atoms with Gasteiger partial charge in [-0.25, -0.2) is 9.18 Å². The van der Waals surface area contributed by atoms with E-state index in [4.69, 9.17) is 11.6 Å². The van der Waals surface area contributed by atoms with Crippen LogP contribution in [0, 0.1) is 5.82 Å². The molecule has 20 heavy (non-hydrogen) atoms. The van der Waals surface area contributed by atoms with Crippen molar-refractivity contribution in [2.45, 2.75) is 37.7 Å². The zero-order chi connectivity index (χ0) is 14.6. The number of aliphatic hydroxyl groups is 1. The molecule has 6 heteroatoms. The second-order valence-corrected chi connectivity index (χ2v) is 5.62. The third-order valence-corrected chi connectivity index (χ3v) is 3.87. The Bertz CT molecular complexity index is 490. The van der Waals surface area contributed by atoms with Gasteiger partial charge in [-0.3, -0.25) is 0 Å². The highest BCUT2D eigenvalue weighted by atomic mass is 35.5. The van der Waals surface area contributed by atoms with Crippen LogP contribution in [0.1, 0.15) is 32.1 Å². The molecule has 1 aliphatic rings. The number of urea groups is 1. The number of amides is 2. The molecule has 0 aromatic heterocycles. The van der Waals surface area contributed by atoms with E-state index in [1.165, 1.54) is 12.1 Å². The fraction of sp³-hybridized carbons (Fsp3) is 0.500. The lowest BCUT2D eigenvalue weighted by Gasteiger charge is -2.32. The first-order chi connectivity index (χ1) is 9.48. The van der Waals surface area contributed by atoms with Gasteiger partial charge < -0.3 is 15.7 Å². The molecule has 0 radical (unpaired) electrons. The van der Waals surface area contributed by atoms with Gasteiger partial charge in [-0.2, -0.15) is 0 Å². The normalized spacial score (nSPS) is 17.6. The van der Waals surface area contributed by atoms with Crippen molar-refractivity contribution in [1.82, 2.24) is 5.32 Å². The van der Waals surface area contributed by atoms with Crippen LogP contribution in [0.2, 0.25) is 5.02 Å². The minimum absolute atomic E-state index is 0.186. The van der Waals surface area contributed by atoms with Gasteiger partial charge in [0.1, 0.15) is 5.82 Å². The van der Waals surface area contributed by atoms with Crippen molar-refractivity contribution in [2.75, 3.05) is 11.9 Å². The van der Waals surface area contributed by atoms with Crippen LogP contribution in [-0.2, 0) is 0 Å².